The van der Waals surface area contributed by atoms with Gasteiger partial charge in [0.1, 0.15) is 19.3 Å². The van der Waals surface area contributed by atoms with Gasteiger partial charge in [-0.25, -0.2) is 9.13 Å². The van der Waals surface area contributed by atoms with Crippen molar-refractivity contribution >= 4 is 39.5 Å². The molecule has 0 spiro atoms. The highest BCUT2D eigenvalue weighted by molar-refractivity contribution is 7.47. The zero-order chi connectivity index (χ0) is 71.4. The minimum absolute atomic E-state index is 0.100. The van der Waals surface area contributed by atoms with Gasteiger partial charge in [-0.15, -0.1) is 0 Å². The summed E-state index contributed by atoms with van der Waals surface area (Å²) >= 11 is 0. The lowest BCUT2D eigenvalue weighted by Gasteiger charge is -2.21. The molecular weight excluding hydrogens is 1270 g/mol. The molecule has 0 aliphatic heterocycles. The number of hydrogen-bond donors (Lipinski definition) is 3. The third-order valence-corrected chi connectivity index (χ3v) is 19.8. The van der Waals surface area contributed by atoms with E-state index in [2.05, 4.69) is 65.8 Å². The highest BCUT2D eigenvalue weighted by Crippen LogP contribution is 2.45. The molecule has 97 heavy (non-hydrogen) atoms. The number of aliphatic hydroxyl groups excluding tert-OH is 1. The van der Waals surface area contributed by atoms with Crippen LogP contribution in [-0.4, -0.2) is 96.7 Å². The fraction of sp³-hybridized carbons (Fsp3) is 0.897. The molecule has 0 rings (SSSR count). The molecule has 0 heterocycles. The van der Waals surface area contributed by atoms with Gasteiger partial charge in [0, 0.05) is 25.7 Å². The Bertz CT molecular complexity index is 1970. The van der Waals surface area contributed by atoms with E-state index in [1.165, 1.54) is 173 Å². The van der Waals surface area contributed by atoms with E-state index in [4.69, 9.17) is 37.0 Å². The summed E-state index contributed by atoms with van der Waals surface area (Å²) in [4.78, 5) is 72.8. The molecule has 0 bridgehead atoms. The molecule has 3 unspecified atom stereocenters. The molecule has 0 saturated carbocycles. The van der Waals surface area contributed by atoms with Crippen molar-refractivity contribution in [1.82, 2.24) is 0 Å². The molecular formula is C78H148O17P2. The number of carbonyl (C=O) groups is 4. The Hall–Kier alpha value is -2.46. The van der Waals surface area contributed by atoms with Gasteiger partial charge in [-0.2, -0.15) is 0 Å². The topological polar surface area (TPSA) is 237 Å². The maximum absolute atomic E-state index is 13.1. The molecule has 17 nitrogen and oxygen atoms in total. The van der Waals surface area contributed by atoms with Crippen LogP contribution in [0.4, 0.5) is 0 Å². The van der Waals surface area contributed by atoms with Gasteiger partial charge in [0.05, 0.1) is 26.4 Å². The van der Waals surface area contributed by atoms with E-state index < -0.39 is 97.5 Å². The summed E-state index contributed by atoms with van der Waals surface area (Å²) in [6, 6.07) is 0. The zero-order valence-corrected chi connectivity index (χ0v) is 64.7. The number of unbranched alkanes of at least 4 members (excludes halogenated alkanes) is 41. The lowest BCUT2D eigenvalue weighted by Crippen LogP contribution is -2.30. The van der Waals surface area contributed by atoms with E-state index in [1.54, 1.807) is 0 Å². The molecule has 0 saturated heterocycles. The summed E-state index contributed by atoms with van der Waals surface area (Å²) in [7, 11) is -9.92. The number of esters is 4. The molecule has 0 aliphatic carbocycles. The maximum atomic E-state index is 13.1. The lowest BCUT2D eigenvalue weighted by molar-refractivity contribution is -0.161. The van der Waals surface area contributed by atoms with Gasteiger partial charge in [0.15, 0.2) is 12.2 Å². The van der Waals surface area contributed by atoms with Crippen LogP contribution in [-0.2, 0) is 65.4 Å². The van der Waals surface area contributed by atoms with Crippen molar-refractivity contribution in [2.45, 2.75) is 400 Å². The van der Waals surface area contributed by atoms with Gasteiger partial charge in [-0.05, 0) is 63.2 Å². The minimum Gasteiger partial charge on any atom is -0.462 e. The molecule has 3 N–H and O–H groups in total. The Balaban J connectivity index is 5.22. The molecule has 0 aromatic rings. The van der Waals surface area contributed by atoms with Crippen LogP contribution in [0.5, 0.6) is 0 Å². The van der Waals surface area contributed by atoms with Gasteiger partial charge in [-0.3, -0.25) is 37.3 Å². The molecule has 0 aliphatic rings. The molecule has 0 amide bonds. The second kappa shape index (κ2) is 69.3. The molecule has 0 aromatic carbocycles. The highest BCUT2D eigenvalue weighted by atomic mass is 31.2. The zero-order valence-electron chi connectivity index (χ0n) is 62.9. The molecule has 572 valence electrons. The summed E-state index contributed by atoms with van der Waals surface area (Å²) in [5.41, 5.74) is 0. The summed E-state index contributed by atoms with van der Waals surface area (Å²) in [6.07, 6.45) is 60.8. The van der Waals surface area contributed by atoms with Gasteiger partial charge in [0.25, 0.3) is 0 Å². The molecule has 19 heteroatoms. The SMILES string of the molecule is CCCCCC/C=C\C=C/CCCCCCCC(=O)OC[C@H](COP(=O)(O)OC[C@@H](O)COP(=O)(O)OC[C@@H](COC(=O)CCCCCCCCC(C)CC)OC(=O)CCCCCCCCCC(C)C)OC(=O)CCCCCCCCCCCCCCCCCCCCCCCC. The van der Waals surface area contributed by atoms with Crippen molar-refractivity contribution in [1.29, 1.82) is 0 Å². The Kier molecular flexibility index (Phi) is 67.5. The fourth-order valence-corrected chi connectivity index (χ4v) is 13.0. The van der Waals surface area contributed by atoms with Crippen molar-refractivity contribution in [3.05, 3.63) is 24.3 Å². The minimum atomic E-state index is -4.97. The van der Waals surface area contributed by atoms with Crippen LogP contribution >= 0.6 is 15.6 Å². The molecule has 0 fully saturated rings. The van der Waals surface area contributed by atoms with Crippen LogP contribution in [0, 0.1) is 11.8 Å². The molecule has 0 radical (unpaired) electrons. The molecule has 0 aromatic heterocycles. The average molecular weight is 1420 g/mol. The lowest BCUT2D eigenvalue weighted by atomic mass is 10.00. The van der Waals surface area contributed by atoms with Crippen molar-refractivity contribution in [3.63, 3.8) is 0 Å². The number of ether oxygens (including phenoxy) is 4. The van der Waals surface area contributed by atoms with Crippen molar-refractivity contribution in [2.75, 3.05) is 39.6 Å². The number of carbonyl (C=O) groups excluding carboxylic acids is 4. The molecule has 6 atom stereocenters. The van der Waals surface area contributed by atoms with E-state index in [1.807, 2.05) is 0 Å². The van der Waals surface area contributed by atoms with Crippen LogP contribution in [0.1, 0.15) is 382 Å². The van der Waals surface area contributed by atoms with Gasteiger partial charge < -0.3 is 33.8 Å². The van der Waals surface area contributed by atoms with E-state index in [0.29, 0.717) is 31.6 Å². The van der Waals surface area contributed by atoms with Crippen LogP contribution in [0.15, 0.2) is 24.3 Å². The van der Waals surface area contributed by atoms with Gasteiger partial charge >= 0.3 is 39.5 Å². The van der Waals surface area contributed by atoms with Crippen molar-refractivity contribution < 1.29 is 80.2 Å². The summed E-state index contributed by atoms with van der Waals surface area (Å²) in [5, 5.41) is 10.6. The first kappa shape index (κ1) is 94.5. The Labute approximate surface area is 592 Å². The Morgan fingerprint density at radius 1 is 0.340 bits per heavy atom. The highest BCUT2D eigenvalue weighted by Gasteiger charge is 2.30. The first-order chi connectivity index (χ1) is 46.9. The van der Waals surface area contributed by atoms with Crippen molar-refractivity contribution in [3.8, 4) is 0 Å². The van der Waals surface area contributed by atoms with Crippen LogP contribution in [0.25, 0.3) is 0 Å². The number of hydrogen-bond acceptors (Lipinski definition) is 15. The second-order valence-electron chi connectivity index (χ2n) is 28.1. The summed E-state index contributed by atoms with van der Waals surface area (Å²) < 4.78 is 68.5. The maximum Gasteiger partial charge on any atom is 0.472 e. The first-order valence-corrected chi connectivity index (χ1v) is 42.8. The first-order valence-electron chi connectivity index (χ1n) is 39.8. The van der Waals surface area contributed by atoms with E-state index >= 15 is 0 Å². The largest absolute Gasteiger partial charge is 0.472 e. The number of allylic oxidation sites excluding steroid dienone is 4. The van der Waals surface area contributed by atoms with E-state index in [0.717, 1.165) is 121 Å². The number of phosphoric ester groups is 2. The van der Waals surface area contributed by atoms with E-state index in [-0.39, 0.29) is 25.7 Å². The Morgan fingerprint density at radius 3 is 0.928 bits per heavy atom. The van der Waals surface area contributed by atoms with Crippen LogP contribution in [0.2, 0.25) is 0 Å². The average Bonchev–Trinajstić information content (AvgIpc) is 1.04. The number of phosphoric acid groups is 2. The third-order valence-electron chi connectivity index (χ3n) is 17.9. The smallest absolute Gasteiger partial charge is 0.462 e. The number of aliphatic hydroxyl groups is 1. The Morgan fingerprint density at radius 2 is 0.608 bits per heavy atom. The summed E-state index contributed by atoms with van der Waals surface area (Å²) in [5.74, 6) is -0.727. The van der Waals surface area contributed by atoms with Gasteiger partial charge in [-0.1, -0.05) is 329 Å². The van der Waals surface area contributed by atoms with Crippen LogP contribution < -0.4 is 0 Å². The number of rotatable bonds is 75. The van der Waals surface area contributed by atoms with Crippen molar-refractivity contribution in [2.24, 2.45) is 11.8 Å². The normalized spacial score (nSPS) is 14.4. The standard InChI is InChI=1S/C78H148O17P2/c1-7-10-12-14-16-18-20-22-24-25-26-27-28-29-30-32-34-36-38-42-50-56-62-77(82)94-73(66-88-75(80)60-54-48-41-37-35-33-31-23-21-19-17-15-13-11-8-2)68-92-96(84,85)90-64-72(79)65-91-97(86,87)93-69-74(95-78(83)63-57-51-43-39-40-46-52-58-70(4)5)67-89-76(81)61-55-49-45-44-47-53-59-71(6)9-3/h19,21,23,31,70-74,79H,7-18,20,22,24-30,32-69H2,1-6H3,(H,84,85)(H,86,87)/b21-19-,31-23-/t71?,72-,73-,74-/m1/s1. The monoisotopic (exact) mass is 1420 g/mol. The quantitative estimate of drug-likeness (QED) is 0.0169. The summed E-state index contributed by atoms with van der Waals surface area (Å²) in [6.45, 7) is 9.42. The van der Waals surface area contributed by atoms with Crippen LogP contribution in [0.3, 0.4) is 0 Å². The van der Waals surface area contributed by atoms with E-state index in [9.17, 15) is 43.2 Å². The van der Waals surface area contributed by atoms with Gasteiger partial charge in [0.2, 0.25) is 0 Å². The predicted molar refractivity (Wildman–Crippen MR) is 395 cm³/mol. The second-order valence-corrected chi connectivity index (χ2v) is 31.0. The predicted octanol–water partition coefficient (Wildman–Crippen LogP) is 22.7. The fourth-order valence-electron chi connectivity index (χ4n) is 11.4. The third kappa shape index (κ3) is 70.4.